The van der Waals surface area contributed by atoms with Crippen LogP contribution in [0.15, 0.2) is 82.8 Å². The van der Waals surface area contributed by atoms with Crippen LogP contribution in [0.5, 0.6) is 11.5 Å². The lowest BCUT2D eigenvalue weighted by molar-refractivity contribution is -0.117. The van der Waals surface area contributed by atoms with Crippen LogP contribution >= 0.6 is 15.9 Å². The smallest absolute Gasteiger partial charge is 0.282 e. The standard InChI is InChI=1S/C25H21BrN2O4/c1-2-31-22-14-18(21(26)15-23(22)32-16-17-9-5-3-6-10-17)13-20-24(29)27-28(25(20)30)19-11-7-4-8-12-19/h3-15H,2,16H2,1H3,(H,27,29)/b20-13-. The predicted octanol–water partition coefficient (Wildman–Crippen LogP) is 4.89. The largest absolute Gasteiger partial charge is 0.490 e. The molecule has 0 atom stereocenters. The molecule has 1 fully saturated rings. The average molecular weight is 493 g/mol. The first-order valence-electron chi connectivity index (χ1n) is 10.1. The molecule has 0 aliphatic carbocycles. The molecule has 32 heavy (non-hydrogen) atoms. The highest BCUT2D eigenvalue weighted by molar-refractivity contribution is 9.10. The van der Waals surface area contributed by atoms with Gasteiger partial charge < -0.3 is 9.47 Å². The van der Waals surface area contributed by atoms with Gasteiger partial charge in [-0.2, -0.15) is 0 Å². The Hall–Kier alpha value is -3.58. The first kappa shape index (κ1) is 21.6. The molecule has 1 saturated heterocycles. The van der Waals surface area contributed by atoms with Crippen LogP contribution < -0.4 is 19.9 Å². The van der Waals surface area contributed by atoms with Crippen molar-refractivity contribution in [2.24, 2.45) is 0 Å². The van der Waals surface area contributed by atoms with E-state index in [4.69, 9.17) is 9.47 Å². The van der Waals surface area contributed by atoms with Crippen LogP contribution in [0.4, 0.5) is 5.69 Å². The molecule has 0 unspecified atom stereocenters. The van der Waals surface area contributed by atoms with E-state index in [2.05, 4.69) is 21.4 Å². The number of halogens is 1. The lowest BCUT2D eigenvalue weighted by Gasteiger charge is -2.14. The van der Waals surface area contributed by atoms with Gasteiger partial charge in [-0.25, -0.2) is 5.01 Å². The molecule has 0 aromatic heterocycles. The number of benzene rings is 3. The highest BCUT2D eigenvalue weighted by Crippen LogP contribution is 2.36. The second-order valence-corrected chi connectivity index (χ2v) is 7.86. The molecule has 3 aromatic carbocycles. The minimum atomic E-state index is -0.465. The van der Waals surface area contributed by atoms with Crippen molar-refractivity contribution in [3.63, 3.8) is 0 Å². The molecule has 1 aliphatic heterocycles. The summed E-state index contributed by atoms with van der Waals surface area (Å²) < 4.78 is 12.4. The van der Waals surface area contributed by atoms with Crippen LogP contribution in [-0.4, -0.2) is 18.4 Å². The number of hydrogen-bond donors (Lipinski definition) is 1. The monoisotopic (exact) mass is 492 g/mol. The molecule has 1 heterocycles. The summed E-state index contributed by atoms with van der Waals surface area (Å²) in [6.45, 7) is 2.72. The summed E-state index contributed by atoms with van der Waals surface area (Å²) in [6.07, 6.45) is 1.55. The van der Waals surface area contributed by atoms with Crippen LogP contribution in [0, 0.1) is 0 Å². The Balaban J connectivity index is 1.62. The van der Waals surface area contributed by atoms with Crippen molar-refractivity contribution >= 4 is 39.5 Å². The van der Waals surface area contributed by atoms with Crippen molar-refractivity contribution in [3.05, 3.63) is 94.0 Å². The molecule has 0 spiro atoms. The van der Waals surface area contributed by atoms with E-state index in [0.29, 0.717) is 40.4 Å². The van der Waals surface area contributed by atoms with Crippen molar-refractivity contribution in [2.75, 3.05) is 11.6 Å². The van der Waals surface area contributed by atoms with E-state index in [1.54, 1.807) is 42.5 Å². The predicted molar refractivity (Wildman–Crippen MR) is 126 cm³/mol. The number of nitrogens with one attached hydrogen (secondary N) is 1. The van der Waals surface area contributed by atoms with Crippen LogP contribution in [0.2, 0.25) is 0 Å². The van der Waals surface area contributed by atoms with Gasteiger partial charge in [-0.1, -0.05) is 64.5 Å². The summed E-state index contributed by atoms with van der Waals surface area (Å²) in [6, 6.07) is 22.3. The molecular formula is C25H21BrN2O4. The average Bonchev–Trinajstić information content (AvgIpc) is 3.09. The fourth-order valence-electron chi connectivity index (χ4n) is 3.25. The molecule has 4 rings (SSSR count). The van der Waals surface area contributed by atoms with Crippen LogP contribution in [0.1, 0.15) is 18.1 Å². The maximum absolute atomic E-state index is 12.9. The van der Waals surface area contributed by atoms with E-state index in [1.165, 1.54) is 5.01 Å². The van der Waals surface area contributed by atoms with Gasteiger partial charge in [0.15, 0.2) is 11.5 Å². The number of hydrogen-bond acceptors (Lipinski definition) is 4. The Labute approximate surface area is 194 Å². The van der Waals surface area contributed by atoms with E-state index in [1.807, 2.05) is 43.3 Å². The van der Waals surface area contributed by atoms with Crippen molar-refractivity contribution < 1.29 is 19.1 Å². The lowest BCUT2D eigenvalue weighted by Crippen LogP contribution is -2.35. The van der Waals surface area contributed by atoms with E-state index >= 15 is 0 Å². The Bertz CT molecular complexity index is 1160. The van der Waals surface area contributed by atoms with E-state index < -0.39 is 11.8 Å². The summed E-state index contributed by atoms with van der Waals surface area (Å²) in [5, 5.41) is 1.24. The molecule has 1 N–H and O–H groups in total. The summed E-state index contributed by atoms with van der Waals surface area (Å²) in [4.78, 5) is 25.4. The second kappa shape index (κ2) is 9.70. The van der Waals surface area contributed by atoms with Crippen molar-refractivity contribution in [1.29, 1.82) is 0 Å². The molecular weight excluding hydrogens is 472 g/mol. The van der Waals surface area contributed by atoms with E-state index in [9.17, 15) is 9.59 Å². The van der Waals surface area contributed by atoms with Crippen LogP contribution in [0.25, 0.3) is 6.08 Å². The minimum Gasteiger partial charge on any atom is -0.490 e. The first-order valence-corrected chi connectivity index (χ1v) is 10.9. The van der Waals surface area contributed by atoms with Crippen LogP contribution in [0.3, 0.4) is 0 Å². The highest BCUT2D eigenvalue weighted by Gasteiger charge is 2.34. The third kappa shape index (κ3) is 4.68. The number of hydrazine groups is 1. The van der Waals surface area contributed by atoms with Gasteiger partial charge in [-0.3, -0.25) is 15.0 Å². The fraction of sp³-hybridized carbons (Fsp3) is 0.120. The number of anilines is 1. The number of carbonyl (C=O) groups is 2. The topological polar surface area (TPSA) is 67.9 Å². The summed E-state index contributed by atoms with van der Waals surface area (Å²) >= 11 is 3.53. The molecule has 6 nitrogen and oxygen atoms in total. The maximum atomic E-state index is 12.9. The number of nitrogens with zero attached hydrogens (tertiary/aromatic N) is 1. The highest BCUT2D eigenvalue weighted by atomic mass is 79.9. The summed E-state index contributed by atoms with van der Waals surface area (Å²) in [7, 11) is 0. The third-order valence-electron chi connectivity index (χ3n) is 4.81. The van der Waals surface area contributed by atoms with Gasteiger partial charge in [0.1, 0.15) is 12.2 Å². The number of ether oxygens (including phenoxy) is 2. The van der Waals surface area contributed by atoms with Gasteiger partial charge >= 0.3 is 0 Å². The summed E-state index contributed by atoms with van der Waals surface area (Å²) in [5.41, 5.74) is 4.90. The molecule has 3 aromatic rings. The summed E-state index contributed by atoms with van der Waals surface area (Å²) in [5.74, 6) is 0.214. The normalized spacial score (nSPS) is 14.6. The van der Waals surface area contributed by atoms with E-state index in [0.717, 1.165) is 5.56 Å². The van der Waals surface area contributed by atoms with Gasteiger partial charge in [0.05, 0.1) is 12.3 Å². The second-order valence-electron chi connectivity index (χ2n) is 7.00. The molecule has 2 amide bonds. The molecule has 0 radical (unpaired) electrons. The Morgan fingerprint density at radius 3 is 2.28 bits per heavy atom. The molecule has 7 heteroatoms. The minimum absolute atomic E-state index is 0.0370. The van der Waals surface area contributed by atoms with Gasteiger partial charge in [0, 0.05) is 4.47 Å². The van der Waals surface area contributed by atoms with Crippen molar-refractivity contribution in [1.82, 2.24) is 5.43 Å². The Kier molecular flexibility index (Phi) is 6.56. The zero-order valence-electron chi connectivity index (χ0n) is 17.4. The van der Waals surface area contributed by atoms with Gasteiger partial charge in [0.2, 0.25) is 0 Å². The number of amides is 2. The molecule has 1 aliphatic rings. The van der Waals surface area contributed by atoms with Gasteiger partial charge in [0.25, 0.3) is 11.8 Å². The first-order chi connectivity index (χ1) is 15.6. The molecule has 0 bridgehead atoms. The zero-order valence-corrected chi connectivity index (χ0v) is 19.0. The Morgan fingerprint density at radius 1 is 0.938 bits per heavy atom. The fourth-order valence-corrected chi connectivity index (χ4v) is 3.69. The molecule has 162 valence electrons. The third-order valence-corrected chi connectivity index (χ3v) is 5.49. The van der Waals surface area contributed by atoms with E-state index in [-0.39, 0.29) is 5.57 Å². The SMILES string of the molecule is CCOc1cc(/C=C2/C(=O)NN(c3ccccc3)C2=O)c(Br)cc1OCc1ccccc1. The lowest BCUT2D eigenvalue weighted by atomic mass is 10.1. The maximum Gasteiger partial charge on any atom is 0.282 e. The van der Waals surface area contributed by atoms with Crippen molar-refractivity contribution in [2.45, 2.75) is 13.5 Å². The number of carbonyl (C=O) groups excluding carboxylic acids is 2. The number of para-hydroxylation sites is 1. The molecule has 0 saturated carbocycles. The quantitative estimate of drug-likeness (QED) is 0.376. The van der Waals surface area contributed by atoms with Crippen LogP contribution in [-0.2, 0) is 16.2 Å². The number of rotatable bonds is 7. The van der Waals surface area contributed by atoms with Gasteiger partial charge in [-0.15, -0.1) is 0 Å². The van der Waals surface area contributed by atoms with Gasteiger partial charge in [-0.05, 0) is 48.4 Å². The Morgan fingerprint density at radius 2 is 1.59 bits per heavy atom. The van der Waals surface area contributed by atoms with Crippen molar-refractivity contribution in [3.8, 4) is 11.5 Å². The zero-order chi connectivity index (χ0) is 22.5.